The molecule has 0 bridgehead atoms. The van der Waals surface area contributed by atoms with Crippen LogP contribution in [0.15, 0.2) is 36.4 Å². The molecule has 0 saturated heterocycles. The van der Waals surface area contributed by atoms with Gasteiger partial charge in [-0.15, -0.1) is 0 Å². The molecule has 3 heteroatoms. The average molecular weight is 202 g/mol. The summed E-state index contributed by atoms with van der Waals surface area (Å²) < 4.78 is 0. The number of fused-ring (bicyclic) bond motifs is 1. The van der Waals surface area contributed by atoms with Crippen LogP contribution in [-0.4, -0.2) is 22.7 Å². The summed E-state index contributed by atoms with van der Waals surface area (Å²) in [5, 5.41) is 10.5. The van der Waals surface area contributed by atoms with Crippen LogP contribution in [0, 0.1) is 0 Å². The maximum atomic E-state index is 9.42. The summed E-state index contributed by atoms with van der Waals surface area (Å²) >= 11 is 0. The molecule has 15 heavy (non-hydrogen) atoms. The number of hydrogen-bond acceptors (Lipinski definition) is 3. The normalized spacial score (nSPS) is 12.9. The number of rotatable bonds is 3. The van der Waals surface area contributed by atoms with E-state index in [1.165, 1.54) is 0 Å². The summed E-state index contributed by atoms with van der Waals surface area (Å²) in [5.41, 5.74) is 7.19. The standard InChI is InChI=1S/C12H14N2O/c13-8-11(15)7-10-6-5-9-3-1-2-4-12(9)14-10/h1-6,11,15H,7-8,13H2. The molecule has 1 unspecified atom stereocenters. The molecule has 0 fully saturated rings. The summed E-state index contributed by atoms with van der Waals surface area (Å²) in [6.45, 7) is 0.272. The smallest absolute Gasteiger partial charge is 0.0717 e. The van der Waals surface area contributed by atoms with Crippen LogP contribution >= 0.6 is 0 Å². The van der Waals surface area contributed by atoms with Gasteiger partial charge in [-0.1, -0.05) is 24.3 Å². The number of benzene rings is 1. The predicted octanol–water partition coefficient (Wildman–Crippen LogP) is 1.10. The van der Waals surface area contributed by atoms with Crippen molar-refractivity contribution in [2.24, 2.45) is 5.73 Å². The molecule has 1 aromatic carbocycles. The van der Waals surface area contributed by atoms with Crippen LogP contribution in [-0.2, 0) is 6.42 Å². The highest BCUT2D eigenvalue weighted by atomic mass is 16.3. The molecule has 2 rings (SSSR count). The third-order valence-electron chi connectivity index (χ3n) is 2.37. The molecule has 1 aromatic heterocycles. The summed E-state index contributed by atoms with van der Waals surface area (Å²) in [6.07, 6.45) is 0.0140. The monoisotopic (exact) mass is 202 g/mol. The first kappa shape index (κ1) is 10.1. The van der Waals surface area contributed by atoms with Gasteiger partial charge in [0.15, 0.2) is 0 Å². The molecule has 0 amide bonds. The fourth-order valence-electron chi connectivity index (χ4n) is 1.55. The molecule has 0 aliphatic carbocycles. The van der Waals surface area contributed by atoms with Gasteiger partial charge >= 0.3 is 0 Å². The Morgan fingerprint density at radius 2 is 2.00 bits per heavy atom. The van der Waals surface area contributed by atoms with Gasteiger partial charge in [-0.05, 0) is 12.1 Å². The molecule has 1 heterocycles. The second-order valence-corrected chi connectivity index (χ2v) is 3.59. The summed E-state index contributed by atoms with van der Waals surface area (Å²) in [6, 6.07) is 11.9. The Labute approximate surface area is 88.6 Å². The zero-order valence-corrected chi connectivity index (χ0v) is 8.43. The van der Waals surface area contributed by atoms with Crippen molar-refractivity contribution in [3.05, 3.63) is 42.1 Å². The number of aromatic nitrogens is 1. The Hall–Kier alpha value is -1.45. The molecule has 0 aliphatic heterocycles. The Morgan fingerprint density at radius 1 is 1.20 bits per heavy atom. The van der Waals surface area contributed by atoms with Crippen LogP contribution in [0.3, 0.4) is 0 Å². The van der Waals surface area contributed by atoms with Gasteiger partial charge in [0.05, 0.1) is 11.6 Å². The third kappa shape index (κ3) is 2.32. The van der Waals surface area contributed by atoms with E-state index in [9.17, 15) is 5.11 Å². The summed E-state index contributed by atoms with van der Waals surface area (Å²) in [7, 11) is 0. The van der Waals surface area contributed by atoms with Crippen molar-refractivity contribution in [1.82, 2.24) is 4.98 Å². The van der Waals surface area contributed by atoms with Gasteiger partial charge in [-0.3, -0.25) is 4.98 Å². The van der Waals surface area contributed by atoms with Crippen molar-refractivity contribution in [2.75, 3.05) is 6.54 Å². The van der Waals surface area contributed by atoms with Crippen LogP contribution in [0.25, 0.3) is 10.9 Å². The maximum absolute atomic E-state index is 9.42. The number of hydrogen-bond donors (Lipinski definition) is 2. The summed E-state index contributed by atoms with van der Waals surface area (Å²) in [5.74, 6) is 0. The van der Waals surface area contributed by atoms with E-state index in [0.29, 0.717) is 6.42 Å². The lowest BCUT2D eigenvalue weighted by Crippen LogP contribution is -2.22. The first-order chi connectivity index (χ1) is 7.29. The van der Waals surface area contributed by atoms with E-state index in [-0.39, 0.29) is 6.54 Å². The van der Waals surface area contributed by atoms with E-state index >= 15 is 0 Å². The fourth-order valence-corrected chi connectivity index (χ4v) is 1.55. The van der Waals surface area contributed by atoms with Gasteiger partial charge in [0.2, 0.25) is 0 Å². The van der Waals surface area contributed by atoms with Crippen molar-refractivity contribution in [1.29, 1.82) is 0 Å². The van der Waals surface area contributed by atoms with Gasteiger partial charge in [0.25, 0.3) is 0 Å². The largest absolute Gasteiger partial charge is 0.391 e. The highest BCUT2D eigenvalue weighted by Crippen LogP contribution is 2.12. The van der Waals surface area contributed by atoms with Crippen LogP contribution in [0.2, 0.25) is 0 Å². The molecule has 3 nitrogen and oxygen atoms in total. The average Bonchev–Trinajstić information content (AvgIpc) is 2.29. The lowest BCUT2D eigenvalue weighted by atomic mass is 10.1. The SMILES string of the molecule is NCC(O)Cc1ccc2ccccc2n1. The van der Waals surface area contributed by atoms with Gasteiger partial charge in [-0.25, -0.2) is 0 Å². The molecular weight excluding hydrogens is 188 g/mol. The van der Waals surface area contributed by atoms with Gasteiger partial charge < -0.3 is 10.8 Å². The Kier molecular flexibility index (Phi) is 2.94. The maximum Gasteiger partial charge on any atom is 0.0717 e. The molecule has 3 N–H and O–H groups in total. The topological polar surface area (TPSA) is 59.1 Å². The number of aliphatic hydroxyl groups is 1. The molecular formula is C12H14N2O. The lowest BCUT2D eigenvalue weighted by Gasteiger charge is -2.07. The van der Waals surface area contributed by atoms with E-state index in [1.54, 1.807) is 0 Å². The van der Waals surface area contributed by atoms with Crippen molar-refractivity contribution < 1.29 is 5.11 Å². The number of pyridine rings is 1. The van der Waals surface area contributed by atoms with Crippen LogP contribution < -0.4 is 5.73 Å². The number of nitrogens with zero attached hydrogens (tertiary/aromatic N) is 1. The lowest BCUT2D eigenvalue weighted by molar-refractivity contribution is 0.182. The first-order valence-electron chi connectivity index (χ1n) is 5.02. The highest BCUT2D eigenvalue weighted by molar-refractivity contribution is 5.78. The molecule has 1 atom stereocenters. The number of nitrogens with two attached hydrogens (primary N) is 1. The number of aliphatic hydroxyl groups excluding tert-OH is 1. The van der Waals surface area contributed by atoms with Crippen LogP contribution in [0.5, 0.6) is 0 Å². The molecule has 0 saturated carbocycles. The van der Waals surface area contributed by atoms with Crippen molar-refractivity contribution >= 4 is 10.9 Å². The number of para-hydroxylation sites is 1. The molecule has 2 aromatic rings. The summed E-state index contributed by atoms with van der Waals surface area (Å²) in [4.78, 5) is 4.45. The first-order valence-corrected chi connectivity index (χ1v) is 5.02. The minimum Gasteiger partial charge on any atom is -0.391 e. The second-order valence-electron chi connectivity index (χ2n) is 3.59. The zero-order valence-electron chi connectivity index (χ0n) is 8.43. The molecule has 0 spiro atoms. The molecule has 0 aliphatic rings. The van der Waals surface area contributed by atoms with E-state index in [1.807, 2.05) is 36.4 Å². The predicted molar refractivity (Wildman–Crippen MR) is 60.5 cm³/mol. The van der Waals surface area contributed by atoms with E-state index in [2.05, 4.69) is 4.98 Å². The Morgan fingerprint density at radius 3 is 2.80 bits per heavy atom. The van der Waals surface area contributed by atoms with Crippen LogP contribution in [0.1, 0.15) is 5.69 Å². The van der Waals surface area contributed by atoms with Crippen molar-refractivity contribution in [2.45, 2.75) is 12.5 Å². The Balaban J connectivity index is 2.30. The van der Waals surface area contributed by atoms with Gasteiger partial charge in [0, 0.05) is 24.0 Å². The highest BCUT2D eigenvalue weighted by Gasteiger charge is 2.04. The third-order valence-corrected chi connectivity index (χ3v) is 2.37. The van der Waals surface area contributed by atoms with E-state index in [0.717, 1.165) is 16.6 Å². The van der Waals surface area contributed by atoms with Gasteiger partial charge in [0.1, 0.15) is 0 Å². The minimum absolute atomic E-state index is 0.272. The Bertz CT molecular complexity index is 456. The van der Waals surface area contributed by atoms with E-state index < -0.39 is 6.10 Å². The van der Waals surface area contributed by atoms with Crippen molar-refractivity contribution in [3.8, 4) is 0 Å². The van der Waals surface area contributed by atoms with Gasteiger partial charge in [-0.2, -0.15) is 0 Å². The van der Waals surface area contributed by atoms with Crippen LogP contribution in [0.4, 0.5) is 0 Å². The van der Waals surface area contributed by atoms with Crippen molar-refractivity contribution in [3.63, 3.8) is 0 Å². The quantitative estimate of drug-likeness (QED) is 0.783. The second kappa shape index (κ2) is 4.38. The zero-order chi connectivity index (χ0) is 10.7. The minimum atomic E-state index is -0.501. The molecule has 78 valence electrons. The molecule has 0 radical (unpaired) electrons. The van der Waals surface area contributed by atoms with E-state index in [4.69, 9.17) is 5.73 Å². The fraction of sp³-hybridized carbons (Fsp3) is 0.250.